The number of fused-ring (bicyclic) bond motifs is 1. The van der Waals surface area contributed by atoms with Crippen LogP contribution in [0.5, 0.6) is 0 Å². The highest BCUT2D eigenvalue weighted by Gasteiger charge is 2.20. The molecule has 2 aromatic rings. The summed E-state index contributed by atoms with van der Waals surface area (Å²) in [6.07, 6.45) is 4.34. The minimum atomic E-state index is 0.374. The van der Waals surface area contributed by atoms with Crippen LogP contribution in [0.4, 0.5) is 5.95 Å². The molecule has 0 amide bonds. The molecular formula is C14H22N6. The van der Waals surface area contributed by atoms with Gasteiger partial charge in [-0.15, -0.1) is 0 Å². The van der Waals surface area contributed by atoms with Gasteiger partial charge in [-0.1, -0.05) is 13.8 Å². The number of nitrogens with one attached hydrogen (secondary N) is 2. The summed E-state index contributed by atoms with van der Waals surface area (Å²) in [4.78, 5) is 8.91. The largest absolute Gasteiger partial charge is 0.357 e. The van der Waals surface area contributed by atoms with Gasteiger partial charge in [-0.25, -0.2) is 9.67 Å². The molecule has 0 unspecified atom stereocenters. The molecule has 1 aliphatic rings. The van der Waals surface area contributed by atoms with Crippen molar-refractivity contribution < 1.29 is 0 Å². The number of rotatable bonds is 4. The molecule has 2 N–H and O–H groups in total. The van der Waals surface area contributed by atoms with Gasteiger partial charge >= 0.3 is 0 Å². The molecule has 0 aliphatic carbocycles. The lowest BCUT2D eigenvalue weighted by Gasteiger charge is -2.10. The summed E-state index contributed by atoms with van der Waals surface area (Å²) in [5.74, 6) is 1.02. The van der Waals surface area contributed by atoms with Crippen LogP contribution >= 0.6 is 0 Å². The van der Waals surface area contributed by atoms with Gasteiger partial charge in [0.05, 0.1) is 17.6 Å². The predicted octanol–water partition coefficient (Wildman–Crippen LogP) is 1.74. The summed E-state index contributed by atoms with van der Waals surface area (Å²) in [5.41, 5.74) is 2.02. The van der Waals surface area contributed by atoms with Crippen LogP contribution in [0.3, 0.4) is 0 Å². The molecule has 6 heteroatoms. The van der Waals surface area contributed by atoms with E-state index in [1.165, 1.54) is 12.8 Å². The van der Waals surface area contributed by atoms with Gasteiger partial charge in [0.1, 0.15) is 0 Å². The van der Waals surface area contributed by atoms with Crippen LogP contribution in [0.25, 0.3) is 11.0 Å². The van der Waals surface area contributed by atoms with Crippen LogP contribution in [-0.4, -0.2) is 39.4 Å². The van der Waals surface area contributed by atoms with E-state index in [4.69, 9.17) is 5.10 Å². The average Bonchev–Trinajstić information content (AvgIpc) is 3.07. The molecule has 0 spiro atoms. The summed E-state index contributed by atoms with van der Waals surface area (Å²) in [6.45, 7) is 6.30. The van der Waals surface area contributed by atoms with Gasteiger partial charge in [-0.2, -0.15) is 10.1 Å². The highest BCUT2D eigenvalue weighted by atomic mass is 15.3. The first-order chi connectivity index (χ1) is 9.69. The van der Waals surface area contributed by atoms with Gasteiger partial charge in [0.25, 0.3) is 0 Å². The Morgan fingerprint density at radius 3 is 3.00 bits per heavy atom. The molecule has 3 rings (SSSR count). The fourth-order valence-electron chi connectivity index (χ4n) is 2.78. The van der Waals surface area contributed by atoms with E-state index in [-0.39, 0.29) is 0 Å². The van der Waals surface area contributed by atoms with Crippen LogP contribution in [0.15, 0.2) is 6.20 Å². The first kappa shape index (κ1) is 13.3. The molecule has 0 saturated carbocycles. The first-order valence-corrected chi connectivity index (χ1v) is 7.33. The fourth-order valence-corrected chi connectivity index (χ4v) is 2.78. The van der Waals surface area contributed by atoms with Crippen molar-refractivity contribution in [3.63, 3.8) is 0 Å². The second-order valence-corrected chi connectivity index (χ2v) is 5.70. The van der Waals surface area contributed by atoms with Crippen molar-refractivity contribution in [1.82, 2.24) is 25.1 Å². The summed E-state index contributed by atoms with van der Waals surface area (Å²) >= 11 is 0. The van der Waals surface area contributed by atoms with Gasteiger partial charge in [-0.05, 0) is 25.3 Å². The summed E-state index contributed by atoms with van der Waals surface area (Å²) in [5, 5.41) is 12.4. The van der Waals surface area contributed by atoms with Gasteiger partial charge in [0.15, 0.2) is 5.65 Å². The van der Waals surface area contributed by atoms with E-state index in [0.29, 0.717) is 17.9 Å². The summed E-state index contributed by atoms with van der Waals surface area (Å²) in [6, 6.07) is 0.506. The van der Waals surface area contributed by atoms with Crippen molar-refractivity contribution in [2.45, 2.75) is 45.2 Å². The number of aromatic nitrogens is 4. The van der Waals surface area contributed by atoms with E-state index in [1.807, 2.05) is 17.9 Å². The van der Waals surface area contributed by atoms with Crippen molar-refractivity contribution in [2.24, 2.45) is 0 Å². The van der Waals surface area contributed by atoms with E-state index in [0.717, 1.165) is 29.8 Å². The molecule has 1 saturated heterocycles. The van der Waals surface area contributed by atoms with Crippen LogP contribution in [0.2, 0.25) is 0 Å². The van der Waals surface area contributed by atoms with Crippen molar-refractivity contribution in [1.29, 1.82) is 0 Å². The maximum Gasteiger partial charge on any atom is 0.224 e. The zero-order valence-electron chi connectivity index (χ0n) is 12.3. The third kappa shape index (κ3) is 2.35. The smallest absolute Gasteiger partial charge is 0.224 e. The lowest BCUT2D eigenvalue weighted by Crippen LogP contribution is -2.27. The molecule has 0 aromatic carbocycles. The topological polar surface area (TPSA) is 67.7 Å². The second kappa shape index (κ2) is 5.36. The van der Waals surface area contributed by atoms with Crippen molar-refractivity contribution >= 4 is 17.0 Å². The van der Waals surface area contributed by atoms with Gasteiger partial charge in [0, 0.05) is 19.3 Å². The molecule has 1 aliphatic heterocycles. The number of hydrogen-bond acceptors (Lipinski definition) is 5. The van der Waals surface area contributed by atoms with E-state index in [2.05, 4.69) is 34.4 Å². The standard InChI is InChI=1S/C14H22N6/c1-9(2)12-11-7-17-14(15-3)18-13(11)20(19-12)8-10-5-4-6-16-10/h7,9-10,16H,4-6,8H2,1-3H3,(H,15,17,18)/t10-/m0/s1. The van der Waals surface area contributed by atoms with Gasteiger partial charge in [-0.3, -0.25) is 0 Å². The maximum atomic E-state index is 4.77. The molecule has 6 nitrogen and oxygen atoms in total. The number of nitrogens with zero attached hydrogens (tertiary/aromatic N) is 4. The Morgan fingerprint density at radius 2 is 2.35 bits per heavy atom. The van der Waals surface area contributed by atoms with Crippen LogP contribution < -0.4 is 10.6 Å². The summed E-state index contributed by atoms with van der Waals surface area (Å²) < 4.78 is 2.04. The second-order valence-electron chi connectivity index (χ2n) is 5.70. The first-order valence-electron chi connectivity index (χ1n) is 7.33. The molecule has 0 bridgehead atoms. The molecule has 3 heterocycles. The molecule has 20 heavy (non-hydrogen) atoms. The lowest BCUT2D eigenvalue weighted by atomic mass is 10.1. The predicted molar refractivity (Wildman–Crippen MR) is 80.0 cm³/mol. The normalized spacial score (nSPS) is 19.1. The van der Waals surface area contributed by atoms with E-state index in [9.17, 15) is 0 Å². The third-order valence-corrected chi connectivity index (χ3v) is 3.84. The number of hydrogen-bond donors (Lipinski definition) is 2. The average molecular weight is 274 g/mol. The Bertz CT molecular complexity index is 597. The lowest BCUT2D eigenvalue weighted by molar-refractivity contribution is 0.479. The SMILES string of the molecule is CNc1ncc2c(C(C)C)nn(C[C@@H]3CCCN3)c2n1. The summed E-state index contributed by atoms with van der Waals surface area (Å²) in [7, 11) is 1.84. The van der Waals surface area contributed by atoms with E-state index < -0.39 is 0 Å². The molecule has 1 fully saturated rings. The van der Waals surface area contributed by atoms with Crippen LogP contribution in [0, 0.1) is 0 Å². The molecular weight excluding hydrogens is 252 g/mol. The highest BCUT2D eigenvalue weighted by molar-refractivity contribution is 5.79. The Hall–Kier alpha value is -1.69. The third-order valence-electron chi connectivity index (χ3n) is 3.84. The minimum absolute atomic E-state index is 0.374. The monoisotopic (exact) mass is 274 g/mol. The fraction of sp³-hybridized carbons (Fsp3) is 0.643. The Balaban J connectivity index is 2.04. The Labute approximate surface area is 119 Å². The maximum absolute atomic E-state index is 4.77. The van der Waals surface area contributed by atoms with E-state index in [1.54, 1.807) is 0 Å². The van der Waals surface area contributed by atoms with E-state index >= 15 is 0 Å². The molecule has 108 valence electrons. The van der Waals surface area contributed by atoms with Gasteiger partial charge < -0.3 is 10.6 Å². The van der Waals surface area contributed by atoms with Crippen molar-refractivity contribution in [2.75, 3.05) is 18.9 Å². The minimum Gasteiger partial charge on any atom is -0.357 e. The molecule has 2 aromatic heterocycles. The van der Waals surface area contributed by atoms with Crippen molar-refractivity contribution in [3.8, 4) is 0 Å². The Morgan fingerprint density at radius 1 is 1.50 bits per heavy atom. The quantitative estimate of drug-likeness (QED) is 0.889. The van der Waals surface area contributed by atoms with Gasteiger partial charge in [0.2, 0.25) is 5.95 Å². The number of anilines is 1. The molecule has 0 radical (unpaired) electrons. The molecule has 1 atom stereocenters. The van der Waals surface area contributed by atoms with Crippen molar-refractivity contribution in [3.05, 3.63) is 11.9 Å². The van der Waals surface area contributed by atoms with Crippen LogP contribution in [-0.2, 0) is 6.54 Å². The van der Waals surface area contributed by atoms with Crippen LogP contribution in [0.1, 0.15) is 38.3 Å². The zero-order valence-corrected chi connectivity index (χ0v) is 12.3. The Kier molecular flexibility index (Phi) is 3.56. The highest BCUT2D eigenvalue weighted by Crippen LogP contribution is 2.24. The zero-order chi connectivity index (χ0) is 14.1.